The van der Waals surface area contributed by atoms with Gasteiger partial charge in [-0.2, -0.15) is 0 Å². The molecule has 1 fully saturated rings. The molecule has 1 aliphatic rings. The average molecular weight is 218 g/mol. The third kappa shape index (κ3) is 2.63. The second-order valence-electron chi connectivity index (χ2n) is 5.25. The molecule has 1 aromatic carbocycles. The van der Waals surface area contributed by atoms with Gasteiger partial charge in [-0.3, -0.25) is 4.90 Å². The van der Waals surface area contributed by atoms with E-state index in [1.807, 2.05) is 0 Å². The van der Waals surface area contributed by atoms with Crippen molar-refractivity contribution in [2.24, 2.45) is 5.73 Å². The highest BCUT2D eigenvalue weighted by Gasteiger charge is 2.37. The Hall–Kier alpha value is -0.860. The molecule has 0 bridgehead atoms. The summed E-state index contributed by atoms with van der Waals surface area (Å²) in [5.74, 6) is 0. The molecule has 1 saturated heterocycles. The van der Waals surface area contributed by atoms with Crippen molar-refractivity contribution in [3.8, 4) is 0 Å². The van der Waals surface area contributed by atoms with E-state index in [0.29, 0.717) is 0 Å². The number of hydrogen-bond donors (Lipinski definition) is 1. The fourth-order valence-electron chi connectivity index (χ4n) is 2.68. The first kappa shape index (κ1) is 11.6. The van der Waals surface area contributed by atoms with Crippen LogP contribution in [0.4, 0.5) is 0 Å². The lowest BCUT2D eigenvalue weighted by atomic mass is 9.86. The van der Waals surface area contributed by atoms with Gasteiger partial charge in [-0.25, -0.2) is 0 Å². The van der Waals surface area contributed by atoms with Crippen molar-refractivity contribution in [2.75, 3.05) is 13.1 Å². The van der Waals surface area contributed by atoms with Crippen LogP contribution >= 0.6 is 0 Å². The number of benzene rings is 1. The maximum absolute atomic E-state index is 6.25. The number of hydrogen-bond acceptors (Lipinski definition) is 2. The summed E-state index contributed by atoms with van der Waals surface area (Å²) in [5, 5.41) is 0. The molecule has 0 radical (unpaired) electrons. The number of aryl methyl sites for hydroxylation is 1. The van der Waals surface area contributed by atoms with E-state index in [1.54, 1.807) is 0 Å². The third-order valence-corrected chi connectivity index (χ3v) is 3.31. The Morgan fingerprint density at radius 3 is 2.75 bits per heavy atom. The predicted octanol–water partition coefficient (Wildman–Crippen LogP) is 2.31. The molecule has 0 aromatic heterocycles. The van der Waals surface area contributed by atoms with Crippen LogP contribution in [-0.2, 0) is 6.54 Å². The Morgan fingerprint density at radius 1 is 1.38 bits per heavy atom. The van der Waals surface area contributed by atoms with Gasteiger partial charge in [0.1, 0.15) is 0 Å². The van der Waals surface area contributed by atoms with Crippen molar-refractivity contribution >= 4 is 0 Å². The zero-order valence-electron chi connectivity index (χ0n) is 10.4. The summed E-state index contributed by atoms with van der Waals surface area (Å²) in [4.78, 5) is 2.43. The largest absolute Gasteiger partial charge is 0.323 e. The highest BCUT2D eigenvalue weighted by Crippen LogP contribution is 2.24. The molecule has 2 N–H and O–H groups in total. The highest BCUT2D eigenvalue weighted by molar-refractivity contribution is 5.22. The molecule has 88 valence electrons. The molecule has 1 aromatic rings. The molecule has 0 atom stereocenters. The Bertz CT molecular complexity index is 354. The van der Waals surface area contributed by atoms with E-state index >= 15 is 0 Å². The summed E-state index contributed by atoms with van der Waals surface area (Å²) < 4.78 is 0. The van der Waals surface area contributed by atoms with Crippen LogP contribution < -0.4 is 5.73 Å². The van der Waals surface area contributed by atoms with Crippen molar-refractivity contribution < 1.29 is 0 Å². The predicted molar refractivity (Wildman–Crippen MR) is 68.3 cm³/mol. The van der Waals surface area contributed by atoms with E-state index in [0.717, 1.165) is 26.1 Å². The minimum atomic E-state index is 0.0958. The number of nitrogens with zero attached hydrogens (tertiary/aromatic N) is 1. The zero-order chi connectivity index (χ0) is 11.6. The minimum absolute atomic E-state index is 0.0958. The molecule has 16 heavy (non-hydrogen) atoms. The van der Waals surface area contributed by atoms with E-state index in [4.69, 9.17) is 5.73 Å². The van der Waals surface area contributed by atoms with E-state index in [2.05, 4.69) is 43.0 Å². The van der Waals surface area contributed by atoms with Crippen LogP contribution in [-0.4, -0.2) is 23.5 Å². The quantitative estimate of drug-likeness (QED) is 0.840. The van der Waals surface area contributed by atoms with Crippen molar-refractivity contribution in [2.45, 2.75) is 38.8 Å². The lowest BCUT2D eigenvalue weighted by Gasteiger charge is -2.48. The number of likely N-dealkylation sites (tertiary alicyclic amines) is 1. The second kappa shape index (κ2) is 4.56. The standard InChI is InChI=1S/C14H22N2/c1-3-7-14(15)10-16(11-14)9-13-6-4-5-12(2)8-13/h4-6,8H,3,7,9-11,15H2,1-2H3. The van der Waals surface area contributed by atoms with Crippen molar-refractivity contribution in [1.29, 1.82) is 0 Å². The highest BCUT2D eigenvalue weighted by atomic mass is 15.2. The van der Waals surface area contributed by atoms with Crippen LogP contribution in [0.5, 0.6) is 0 Å². The fourth-order valence-corrected chi connectivity index (χ4v) is 2.68. The van der Waals surface area contributed by atoms with Gasteiger partial charge in [0.2, 0.25) is 0 Å². The average Bonchev–Trinajstić information content (AvgIpc) is 2.15. The van der Waals surface area contributed by atoms with Crippen LogP contribution in [0.3, 0.4) is 0 Å². The van der Waals surface area contributed by atoms with E-state index < -0.39 is 0 Å². The monoisotopic (exact) mass is 218 g/mol. The molecule has 0 saturated carbocycles. The summed E-state index contributed by atoms with van der Waals surface area (Å²) in [5.41, 5.74) is 9.08. The SMILES string of the molecule is CCCC1(N)CN(Cc2cccc(C)c2)C1. The van der Waals surface area contributed by atoms with Crippen molar-refractivity contribution in [1.82, 2.24) is 4.90 Å². The molecule has 2 heteroatoms. The maximum atomic E-state index is 6.25. The molecule has 2 rings (SSSR count). The topological polar surface area (TPSA) is 29.3 Å². The van der Waals surface area contributed by atoms with E-state index in [1.165, 1.54) is 17.5 Å². The molecular formula is C14H22N2. The summed E-state index contributed by atoms with van der Waals surface area (Å²) in [6.45, 7) is 7.50. The first-order chi connectivity index (χ1) is 7.61. The Morgan fingerprint density at radius 2 is 2.12 bits per heavy atom. The molecule has 0 amide bonds. The number of nitrogens with two attached hydrogens (primary N) is 1. The lowest BCUT2D eigenvalue weighted by molar-refractivity contribution is 0.0567. The zero-order valence-corrected chi connectivity index (χ0v) is 10.4. The van der Waals surface area contributed by atoms with Crippen LogP contribution in [0, 0.1) is 6.92 Å². The summed E-state index contributed by atoms with van der Waals surface area (Å²) in [6, 6.07) is 8.73. The fraction of sp³-hybridized carbons (Fsp3) is 0.571. The Labute approximate surface area is 98.4 Å². The van der Waals surface area contributed by atoms with Gasteiger partial charge < -0.3 is 5.73 Å². The Kier molecular flexibility index (Phi) is 3.31. The van der Waals surface area contributed by atoms with Gasteiger partial charge in [0.05, 0.1) is 0 Å². The minimum Gasteiger partial charge on any atom is -0.323 e. The first-order valence-electron chi connectivity index (χ1n) is 6.18. The molecule has 1 heterocycles. The lowest BCUT2D eigenvalue weighted by Crippen LogP contribution is -2.66. The van der Waals surface area contributed by atoms with Crippen molar-refractivity contribution in [3.63, 3.8) is 0 Å². The van der Waals surface area contributed by atoms with Crippen molar-refractivity contribution in [3.05, 3.63) is 35.4 Å². The van der Waals surface area contributed by atoms with Gasteiger partial charge in [0.25, 0.3) is 0 Å². The van der Waals surface area contributed by atoms with E-state index in [9.17, 15) is 0 Å². The van der Waals surface area contributed by atoms with Crippen LogP contribution in [0.25, 0.3) is 0 Å². The number of rotatable bonds is 4. The molecule has 2 nitrogen and oxygen atoms in total. The van der Waals surface area contributed by atoms with Gasteiger partial charge in [0.15, 0.2) is 0 Å². The smallest absolute Gasteiger partial charge is 0.0412 e. The molecule has 0 aliphatic carbocycles. The Balaban J connectivity index is 1.85. The van der Waals surface area contributed by atoms with Gasteiger partial charge in [-0.05, 0) is 18.9 Å². The molecule has 1 aliphatic heterocycles. The summed E-state index contributed by atoms with van der Waals surface area (Å²) >= 11 is 0. The maximum Gasteiger partial charge on any atom is 0.0412 e. The summed E-state index contributed by atoms with van der Waals surface area (Å²) in [6.07, 6.45) is 2.34. The normalized spacial score (nSPS) is 19.4. The molecular weight excluding hydrogens is 196 g/mol. The van der Waals surface area contributed by atoms with Gasteiger partial charge >= 0.3 is 0 Å². The van der Waals surface area contributed by atoms with Gasteiger partial charge in [0, 0.05) is 25.2 Å². The molecule has 0 unspecified atom stereocenters. The van der Waals surface area contributed by atoms with Crippen LogP contribution in [0.2, 0.25) is 0 Å². The van der Waals surface area contributed by atoms with Crippen LogP contribution in [0.15, 0.2) is 24.3 Å². The second-order valence-corrected chi connectivity index (χ2v) is 5.25. The van der Waals surface area contributed by atoms with Crippen LogP contribution in [0.1, 0.15) is 30.9 Å². The first-order valence-corrected chi connectivity index (χ1v) is 6.18. The van der Waals surface area contributed by atoms with E-state index in [-0.39, 0.29) is 5.54 Å². The van der Waals surface area contributed by atoms with Gasteiger partial charge in [-0.1, -0.05) is 43.2 Å². The van der Waals surface area contributed by atoms with Gasteiger partial charge in [-0.15, -0.1) is 0 Å². The third-order valence-electron chi connectivity index (χ3n) is 3.31. The summed E-state index contributed by atoms with van der Waals surface area (Å²) in [7, 11) is 0. The molecule has 0 spiro atoms.